The zero-order chi connectivity index (χ0) is 14.5. The highest BCUT2D eigenvalue weighted by Gasteiger charge is 2.29. The molecular formula is C17H31N3. The van der Waals surface area contributed by atoms with E-state index < -0.39 is 0 Å². The average Bonchev–Trinajstić information content (AvgIpc) is 2.94. The van der Waals surface area contributed by atoms with Gasteiger partial charge >= 0.3 is 0 Å². The first-order valence-corrected chi connectivity index (χ1v) is 8.39. The molecule has 0 radical (unpaired) electrons. The molecule has 0 bridgehead atoms. The van der Waals surface area contributed by atoms with Gasteiger partial charge in [0.05, 0.1) is 5.69 Å². The highest BCUT2D eigenvalue weighted by Crippen LogP contribution is 2.33. The molecule has 1 aliphatic carbocycles. The molecule has 3 heteroatoms. The van der Waals surface area contributed by atoms with Crippen molar-refractivity contribution in [2.75, 3.05) is 7.05 Å². The minimum Gasteiger partial charge on any atom is -0.317 e. The van der Waals surface area contributed by atoms with Crippen LogP contribution in [0.3, 0.4) is 0 Å². The summed E-state index contributed by atoms with van der Waals surface area (Å²) in [6.45, 7) is 6.79. The molecule has 1 N–H and O–H groups in total. The van der Waals surface area contributed by atoms with Crippen LogP contribution in [0.4, 0.5) is 0 Å². The maximum Gasteiger partial charge on any atom is 0.0628 e. The number of nitrogens with zero attached hydrogens (tertiary/aromatic N) is 2. The largest absolute Gasteiger partial charge is 0.317 e. The third-order valence-electron chi connectivity index (χ3n) is 5.22. The van der Waals surface area contributed by atoms with Crippen LogP contribution in [-0.2, 0) is 6.42 Å². The Hall–Kier alpha value is -0.830. The molecule has 3 nitrogen and oxygen atoms in total. The second kappa shape index (κ2) is 7.26. The summed E-state index contributed by atoms with van der Waals surface area (Å²) in [5.41, 5.74) is 1.27. The Morgan fingerprint density at radius 1 is 1.40 bits per heavy atom. The van der Waals surface area contributed by atoms with E-state index >= 15 is 0 Å². The summed E-state index contributed by atoms with van der Waals surface area (Å²) in [6, 6.07) is 3.40. The van der Waals surface area contributed by atoms with Crippen LogP contribution in [0.25, 0.3) is 0 Å². The molecule has 0 aromatic carbocycles. The summed E-state index contributed by atoms with van der Waals surface area (Å²) < 4.78 is 2.13. The predicted molar refractivity (Wildman–Crippen MR) is 84.9 cm³/mol. The summed E-state index contributed by atoms with van der Waals surface area (Å²) in [7, 11) is 2.11. The quantitative estimate of drug-likeness (QED) is 0.857. The van der Waals surface area contributed by atoms with Crippen molar-refractivity contribution in [3.63, 3.8) is 0 Å². The summed E-state index contributed by atoms with van der Waals surface area (Å²) in [4.78, 5) is 0. The van der Waals surface area contributed by atoms with Gasteiger partial charge < -0.3 is 5.32 Å². The molecule has 1 aromatic rings. The smallest absolute Gasteiger partial charge is 0.0628 e. The van der Waals surface area contributed by atoms with Crippen LogP contribution in [0.2, 0.25) is 0 Å². The monoisotopic (exact) mass is 277 g/mol. The summed E-state index contributed by atoms with van der Waals surface area (Å²) in [5, 5.41) is 8.31. The van der Waals surface area contributed by atoms with Crippen molar-refractivity contribution >= 4 is 0 Å². The van der Waals surface area contributed by atoms with E-state index in [1.54, 1.807) is 0 Å². The lowest BCUT2D eigenvalue weighted by molar-refractivity contribution is 0.204. The third kappa shape index (κ3) is 3.63. The van der Waals surface area contributed by atoms with Crippen LogP contribution in [-0.4, -0.2) is 22.9 Å². The van der Waals surface area contributed by atoms with Crippen molar-refractivity contribution < 1.29 is 0 Å². The average molecular weight is 277 g/mol. The van der Waals surface area contributed by atoms with E-state index in [9.17, 15) is 0 Å². The maximum atomic E-state index is 4.78. The molecule has 1 aliphatic rings. The zero-order valence-electron chi connectivity index (χ0n) is 13.6. The first-order valence-electron chi connectivity index (χ1n) is 8.39. The fourth-order valence-corrected chi connectivity index (χ4v) is 3.53. The van der Waals surface area contributed by atoms with E-state index in [0.717, 1.165) is 24.7 Å². The van der Waals surface area contributed by atoms with Gasteiger partial charge in [0, 0.05) is 18.3 Å². The fraction of sp³-hybridized carbons (Fsp3) is 0.824. The maximum absolute atomic E-state index is 4.78. The number of hydrogen-bond acceptors (Lipinski definition) is 2. The second-order valence-corrected chi connectivity index (χ2v) is 6.49. The van der Waals surface area contributed by atoms with Gasteiger partial charge in [-0.15, -0.1) is 0 Å². The molecule has 1 fully saturated rings. The molecule has 0 spiro atoms. The molecule has 4 unspecified atom stereocenters. The normalized spacial score (nSPS) is 28.5. The molecule has 1 aromatic heterocycles. The molecule has 1 heterocycles. The van der Waals surface area contributed by atoms with Crippen molar-refractivity contribution in [1.29, 1.82) is 0 Å². The van der Waals surface area contributed by atoms with E-state index in [2.05, 4.69) is 50.1 Å². The summed E-state index contributed by atoms with van der Waals surface area (Å²) >= 11 is 0. The van der Waals surface area contributed by atoms with Crippen molar-refractivity contribution in [2.45, 2.75) is 71.4 Å². The van der Waals surface area contributed by atoms with E-state index in [-0.39, 0.29) is 0 Å². The Bertz CT molecular complexity index is 399. The summed E-state index contributed by atoms with van der Waals surface area (Å²) in [5.74, 6) is 1.67. The number of rotatable bonds is 6. The van der Waals surface area contributed by atoms with Crippen molar-refractivity contribution in [3.8, 4) is 0 Å². The minimum atomic E-state index is 0.513. The number of hydrogen-bond donors (Lipinski definition) is 1. The summed E-state index contributed by atoms with van der Waals surface area (Å²) in [6.07, 6.45) is 9.82. The van der Waals surface area contributed by atoms with Gasteiger partial charge in [0.15, 0.2) is 0 Å². The molecule has 0 aliphatic heterocycles. The Kier molecular flexibility index (Phi) is 5.64. The van der Waals surface area contributed by atoms with Gasteiger partial charge in [0.25, 0.3) is 0 Å². The predicted octanol–water partition coefficient (Wildman–Crippen LogP) is 3.81. The Balaban J connectivity index is 2.00. The standard InChI is InChI=1S/C17H31N3/c1-5-13(3)20-10-9-16(19-20)12-15-11-14(6-2)7-8-17(15)18-4/h9-10,13-15,17-18H,5-8,11-12H2,1-4H3. The molecule has 0 amide bonds. The fourth-order valence-electron chi connectivity index (χ4n) is 3.53. The molecule has 2 rings (SSSR count). The lowest BCUT2D eigenvalue weighted by Gasteiger charge is -2.35. The van der Waals surface area contributed by atoms with Crippen LogP contribution in [0, 0.1) is 11.8 Å². The van der Waals surface area contributed by atoms with Crippen LogP contribution in [0.5, 0.6) is 0 Å². The van der Waals surface area contributed by atoms with Gasteiger partial charge in [-0.25, -0.2) is 0 Å². The molecule has 20 heavy (non-hydrogen) atoms. The first-order chi connectivity index (χ1) is 9.67. The highest BCUT2D eigenvalue weighted by atomic mass is 15.3. The number of nitrogens with one attached hydrogen (secondary N) is 1. The van der Waals surface area contributed by atoms with E-state index in [1.807, 2.05) is 0 Å². The minimum absolute atomic E-state index is 0.513. The van der Waals surface area contributed by atoms with Gasteiger partial charge in [-0.2, -0.15) is 5.10 Å². The van der Waals surface area contributed by atoms with Gasteiger partial charge in [-0.3, -0.25) is 4.68 Å². The Morgan fingerprint density at radius 3 is 2.85 bits per heavy atom. The van der Waals surface area contributed by atoms with Crippen LogP contribution in [0.1, 0.15) is 64.6 Å². The first kappa shape index (κ1) is 15.6. The van der Waals surface area contributed by atoms with E-state index in [4.69, 9.17) is 5.10 Å². The van der Waals surface area contributed by atoms with E-state index in [1.165, 1.54) is 31.4 Å². The molecule has 4 atom stereocenters. The van der Waals surface area contributed by atoms with Crippen LogP contribution >= 0.6 is 0 Å². The van der Waals surface area contributed by atoms with Gasteiger partial charge in [0.1, 0.15) is 0 Å². The lowest BCUT2D eigenvalue weighted by atomic mass is 9.75. The topological polar surface area (TPSA) is 29.9 Å². The number of aromatic nitrogens is 2. The second-order valence-electron chi connectivity index (χ2n) is 6.49. The third-order valence-corrected chi connectivity index (χ3v) is 5.22. The SMILES string of the molecule is CCC1CCC(NC)C(Cc2ccn(C(C)CC)n2)C1. The van der Waals surface area contributed by atoms with Crippen molar-refractivity contribution in [1.82, 2.24) is 15.1 Å². The van der Waals surface area contributed by atoms with E-state index in [0.29, 0.717) is 12.1 Å². The van der Waals surface area contributed by atoms with Gasteiger partial charge in [0.2, 0.25) is 0 Å². The highest BCUT2D eigenvalue weighted by molar-refractivity contribution is 5.03. The van der Waals surface area contributed by atoms with Crippen molar-refractivity contribution in [2.24, 2.45) is 11.8 Å². The van der Waals surface area contributed by atoms with Crippen LogP contribution in [0.15, 0.2) is 12.3 Å². The molecule has 1 saturated carbocycles. The zero-order valence-corrected chi connectivity index (χ0v) is 13.6. The Labute approximate surface area is 124 Å². The van der Waals surface area contributed by atoms with Crippen molar-refractivity contribution in [3.05, 3.63) is 18.0 Å². The van der Waals surface area contributed by atoms with Gasteiger partial charge in [-0.05, 0) is 64.0 Å². The Morgan fingerprint density at radius 2 is 2.20 bits per heavy atom. The lowest BCUT2D eigenvalue weighted by Crippen LogP contribution is -2.39. The molecule has 0 saturated heterocycles. The van der Waals surface area contributed by atoms with Crippen LogP contribution < -0.4 is 5.32 Å². The molecular weight excluding hydrogens is 246 g/mol. The molecule has 114 valence electrons. The van der Waals surface area contributed by atoms with Gasteiger partial charge in [-0.1, -0.05) is 20.3 Å².